The number of carbonyl (C=O) groups is 3. The van der Waals surface area contributed by atoms with Crippen molar-refractivity contribution >= 4 is 29.2 Å². The number of nitrogens with one attached hydrogen (secondary N) is 1. The first-order valence-corrected chi connectivity index (χ1v) is 11.3. The number of carbonyl (C=O) groups excluding carboxylic acids is 3. The highest BCUT2D eigenvalue weighted by molar-refractivity contribution is 7.10. The van der Waals surface area contributed by atoms with Gasteiger partial charge in [-0.2, -0.15) is 0 Å². The van der Waals surface area contributed by atoms with Gasteiger partial charge >= 0.3 is 6.03 Å². The van der Waals surface area contributed by atoms with Gasteiger partial charge in [-0.25, -0.2) is 14.8 Å². The topological polar surface area (TPSA) is 73.0 Å². The lowest BCUT2D eigenvalue weighted by Gasteiger charge is -2.33. The fraction of sp³-hybridized carbons (Fsp3) is 0.409. The number of urea groups is 1. The maximum Gasteiger partial charge on any atom is 0.342 e. The highest BCUT2D eigenvalue weighted by Crippen LogP contribution is 2.32. The number of hydrogen-bond acceptors (Lipinski definition) is 5. The van der Waals surface area contributed by atoms with Gasteiger partial charge in [-0.3, -0.25) is 19.8 Å². The third-order valence-corrected chi connectivity index (χ3v) is 7.25. The molecular formula is C22H24N4O3S. The van der Waals surface area contributed by atoms with Gasteiger partial charge in [0.2, 0.25) is 5.91 Å². The summed E-state index contributed by atoms with van der Waals surface area (Å²) >= 11 is 1.85. The van der Waals surface area contributed by atoms with Gasteiger partial charge in [0.25, 0.3) is 5.91 Å². The number of hydrogen-bond donors (Lipinski definition) is 1. The molecule has 2 fully saturated rings. The van der Waals surface area contributed by atoms with Crippen LogP contribution in [0.2, 0.25) is 0 Å². The van der Waals surface area contributed by atoms with E-state index in [-0.39, 0.29) is 24.8 Å². The Morgan fingerprint density at radius 2 is 1.87 bits per heavy atom. The number of nitrogens with zero attached hydrogens (tertiary/aromatic N) is 3. The predicted octanol–water partition coefficient (Wildman–Crippen LogP) is 2.94. The van der Waals surface area contributed by atoms with E-state index >= 15 is 0 Å². The summed E-state index contributed by atoms with van der Waals surface area (Å²) in [5, 5.41) is 7.23. The maximum absolute atomic E-state index is 12.8. The van der Waals surface area contributed by atoms with Crippen molar-refractivity contribution in [1.82, 2.24) is 20.2 Å². The minimum Gasteiger partial charge on any atom is -0.299 e. The van der Waals surface area contributed by atoms with Gasteiger partial charge < -0.3 is 0 Å². The number of fused-ring (bicyclic) bond motifs is 1. The first kappa shape index (κ1) is 19.3. The van der Waals surface area contributed by atoms with Crippen molar-refractivity contribution in [2.45, 2.75) is 38.3 Å². The van der Waals surface area contributed by atoms with Gasteiger partial charge in [0.15, 0.2) is 0 Å². The molecule has 7 nitrogen and oxygen atoms in total. The van der Waals surface area contributed by atoms with Crippen LogP contribution < -0.4 is 5.32 Å². The molecule has 0 atom stereocenters. The average molecular weight is 425 g/mol. The molecular weight excluding hydrogens is 400 g/mol. The SMILES string of the molecule is O=C1CCN(N2Cc3cc(CN4CCC(c5cccs5)CC4)ccc3C2=O)C(=O)N1. The van der Waals surface area contributed by atoms with Gasteiger partial charge in [-0.15, -0.1) is 11.3 Å². The molecule has 1 N–H and O–H groups in total. The molecule has 8 heteroatoms. The highest BCUT2D eigenvalue weighted by Gasteiger charge is 2.37. The summed E-state index contributed by atoms with van der Waals surface area (Å²) < 4.78 is 0. The average Bonchev–Trinajstić information content (AvgIpc) is 3.37. The van der Waals surface area contributed by atoms with Crippen LogP contribution in [-0.4, -0.2) is 52.4 Å². The molecule has 1 aromatic carbocycles. The van der Waals surface area contributed by atoms with E-state index in [2.05, 4.69) is 33.8 Å². The molecule has 0 spiro atoms. The zero-order valence-corrected chi connectivity index (χ0v) is 17.5. The Labute approximate surface area is 179 Å². The zero-order valence-electron chi connectivity index (χ0n) is 16.7. The number of likely N-dealkylation sites (tertiary alicyclic amines) is 1. The summed E-state index contributed by atoms with van der Waals surface area (Å²) in [4.78, 5) is 40.3. The Balaban J connectivity index is 1.23. The molecule has 1 aromatic heterocycles. The highest BCUT2D eigenvalue weighted by atomic mass is 32.1. The lowest BCUT2D eigenvalue weighted by Crippen LogP contribution is -2.56. The van der Waals surface area contributed by atoms with E-state index in [1.165, 1.54) is 33.3 Å². The summed E-state index contributed by atoms with van der Waals surface area (Å²) in [6.07, 6.45) is 2.57. The summed E-state index contributed by atoms with van der Waals surface area (Å²) in [5.74, 6) is 0.193. The predicted molar refractivity (Wildman–Crippen MR) is 113 cm³/mol. The lowest BCUT2D eigenvalue weighted by molar-refractivity contribution is -0.123. The minimum absolute atomic E-state index is 0.183. The molecule has 0 radical (unpaired) electrons. The minimum atomic E-state index is -0.527. The van der Waals surface area contributed by atoms with Gasteiger partial charge in [-0.05, 0) is 60.5 Å². The number of benzene rings is 1. The molecule has 30 heavy (non-hydrogen) atoms. The molecule has 5 rings (SSSR count). The third-order valence-electron chi connectivity index (χ3n) is 6.22. The molecule has 2 aromatic rings. The molecule has 0 bridgehead atoms. The number of rotatable bonds is 4. The van der Waals surface area contributed by atoms with Crippen LogP contribution in [0, 0.1) is 0 Å². The van der Waals surface area contributed by atoms with E-state index in [1.54, 1.807) is 0 Å². The van der Waals surface area contributed by atoms with Crippen LogP contribution >= 0.6 is 11.3 Å². The van der Waals surface area contributed by atoms with E-state index in [9.17, 15) is 14.4 Å². The Hall–Kier alpha value is -2.71. The summed E-state index contributed by atoms with van der Waals surface area (Å²) in [6.45, 7) is 3.62. The fourth-order valence-corrected chi connectivity index (χ4v) is 5.49. The van der Waals surface area contributed by atoms with Crippen molar-refractivity contribution in [1.29, 1.82) is 0 Å². The molecule has 2 saturated heterocycles. The number of hydrazine groups is 1. The molecule has 156 valence electrons. The third kappa shape index (κ3) is 3.61. The monoisotopic (exact) mass is 424 g/mol. The first-order chi connectivity index (χ1) is 14.6. The second-order valence-electron chi connectivity index (χ2n) is 8.15. The second kappa shape index (κ2) is 7.85. The molecule has 4 heterocycles. The van der Waals surface area contributed by atoms with Crippen LogP contribution in [0.3, 0.4) is 0 Å². The first-order valence-electron chi connectivity index (χ1n) is 10.4. The van der Waals surface area contributed by atoms with Crippen LogP contribution in [0.1, 0.15) is 51.5 Å². The van der Waals surface area contributed by atoms with Crippen LogP contribution in [0.4, 0.5) is 4.79 Å². The van der Waals surface area contributed by atoms with Gasteiger partial charge in [0.05, 0.1) is 13.1 Å². The van der Waals surface area contributed by atoms with E-state index in [1.807, 2.05) is 23.5 Å². The van der Waals surface area contributed by atoms with Crippen molar-refractivity contribution in [3.8, 4) is 0 Å². The van der Waals surface area contributed by atoms with Crippen molar-refractivity contribution in [3.63, 3.8) is 0 Å². The van der Waals surface area contributed by atoms with E-state index in [0.717, 1.165) is 25.2 Å². The zero-order chi connectivity index (χ0) is 20.7. The summed E-state index contributed by atoms with van der Waals surface area (Å²) in [5.41, 5.74) is 2.77. The number of imide groups is 1. The number of amides is 4. The molecule has 3 aliphatic rings. The maximum atomic E-state index is 12.8. The molecule has 0 saturated carbocycles. The Bertz CT molecular complexity index is 982. The van der Waals surface area contributed by atoms with Gasteiger partial charge in [0, 0.05) is 23.4 Å². The summed E-state index contributed by atoms with van der Waals surface area (Å²) in [6, 6.07) is 9.83. The van der Waals surface area contributed by atoms with Crippen molar-refractivity contribution < 1.29 is 14.4 Å². The Morgan fingerprint density at radius 1 is 1.03 bits per heavy atom. The fourth-order valence-electron chi connectivity index (χ4n) is 4.60. The van der Waals surface area contributed by atoms with E-state index in [0.29, 0.717) is 18.0 Å². The van der Waals surface area contributed by atoms with Crippen molar-refractivity contribution in [3.05, 3.63) is 57.3 Å². The van der Waals surface area contributed by atoms with Crippen molar-refractivity contribution in [2.75, 3.05) is 19.6 Å². The second-order valence-corrected chi connectivity index (χ2v) is 9.13. The molecule has 0 unspecified atom stereocenters. The summed E-state index contributed by atoms with van der Waals surface area (Å²) in [7, 11) is 0. The normalized spacial score (nSPS) is 20.6. The Morgan fingerprint density at radius 3 is 2.60 bits per heavy atom. The van der Waals surface area contributed by atoms with Crippen LogP contribution in [-0.2, 0) is 17.9 Å². The Kier molecular flexibility index (Phi) is 5.04. The van der Waals surface area contributed by atoms with Gasteiger partial charge in [-0.1, -0.05) is 18.2 Å². The van der Waals surface area contributed by atoms with E-state index < -0.39 is 6.03 Å². The van der Waals surface area contributed by atoms with Crippen LogP contribution in [0.15, 0.2) is 35.7 Å². The number of piperidine rings is 1. The quantitative estimate of drug-likeness (QED) is 0.819. The molecule has 4 amide bonds. The molecule has 0 aliphatic carbocycles. The van der Waals surface area contributed by atoms with Crippen LogP contribution in [0.5, 0.6) is 0 Å². The van der Waals surface area contributed by atoms with Crippen LogP contribution in [0.25, 0.3) is 0 Å². The largest absolute Gasteiger partial charge is 0.342 e. The molecule has 3 aliphatic heterocycles. The standard InChI is InChI=1S/C22H24N4O3S/c27-20-7-10-25(22(29)23-20)26-14-17-12-15(3-4-18(17)21(26)28)13-24-8-5-16(6-9-24)19-2-1-11-30-19/h1-4,11-12,16H,5-10,13-14H2,(H,23,27,29). The lowest BCUT2D eigenvalue weighted by atomic mass is 9.95. The van der Waals surface area contributed by atoms with Crippen molar-refractivity contribution in [2.24, 2.45) is 0 Å². The van der Waals surface area contributed by atoms with Gasteiger partial charge in [0.1, 0.15) is 0 Å². The van der Waals surface area contributed by atoms with E-state index in [4.69, 9.17) is 0 Å². The number of thiophene rings is 1. The smallest absolute Gasteiger partial charge is 0.299 e.